The lowest BCUT2D eigenvalue weighted by Gasteiger charge is -2.37. The highest BCUT2D eigenvalue weighted by Crippen LogP contribution is 2.24. The van der Waals surface area contributed by atoms with Gasteiger partial charge in [-0.05, 0) is 45.3 Å². The molecule has 23 heavy (non-hydrogen) atoms. The number of hydrogen-bond donors (Lipinski definition) is 1. The number of methoxy groups -OCH3 is 2. The summed E-state index contributed by atoms with van der Waals surface area (Å²) >= 11 is 0. The predicted molar refractivity (Wildman–Crippen MR) is 92.5 cm³/mol. The second-order valence-corrected chi connectivity index (χ2v) is 5.76. The quantitative estimate of drug-likeness (QED) is 0.643. The first-order valence-corrected chi connectivity index (χ1v) is 7.62. The van der Waals surface area contributed by atoms with Gasteiger partial charge in [-0.3, -0.25) is 0 Å². The first-order chi connectivity index (χ1) is 10.6. The van der Waals surface area contributed by atoms with E-state index >= 15 is 0 Å². The van der Waals surface area contributed by atoms with Crippen molar-refractivity contribution in [3.05, 3.63) is 23.8 Å². The average molecular weight is 323 g/mol. The fraction of sp³-hybridized carbons (Fsp3) is 0.588. The normalized spacial score (nSPS) is 11.2. The third-order valence-electron chi connectivity index (χ3n) is 3.59. The van der Waals surface area contributed by atoms with Crippen molar-refractivity contribution in [2.75, 3.05) is 14.2 Å². The molecule has 1 N–H and O–H groups in total. The van der Waals surface area contributed by atoms with E-state index in [1.165, 1.54) is 21.7 Å². The third-order valence-corrected chi connectivity index (χ3v) is 3.59. The van der Waals surface area contributed by atoms with Gasteiger partial charge in [0.05, 0.1) is 25.4 Å². The van der Waals surface area contributed by atoms with E-state index in [-0.39, 0.29) is 0 Å². The Balaban J connectivity index is 0.00000232. The van der Waals surface area contributed by atoms with Crippen molar-refractivity contribution in [1.82, 2.24) is 0 Å². The number of rotatable bonds is 6. The van der Waals surface area contributed by atoms with Gasteiger partial charge in [0.2, 0.25) is 0 Å². The molecule has 0 aliphatic heterocycles. The van der Waals surface area contributed by atoms with Gasteiger partial charge in [-0.15, -0.1) is 0 Å². The van der Waals surface area contributed by atoms with E-state index in [2.05, 4.69) is 4.74 Å². The molecule has 0 heterocycles. The van der Waals surface area contributed by atoms with Gasteiger partial charge in [0, 0.05) is 0 Å². The molecule has 0 saturated heterocycles. The van der Waals surface area contributed by atoms with Gasteiger partial charge in [-0.25, -0.2) is 4.79 Å². The summed E-state index contributed by atoms with van der Waals surface area (Å²) in [6.07, 6.45) is 0. The standard InChI is InChI=1S/C15H22BO5.C2H6/c1-14(2,18)15(3,4)21-16-10-7-8-11(13(17)20-6)12(9-10)19-5;1-2/h7-9,18H,1-6H3;1-2H3. The van der Waals surface area contributed by atoms with Gasteiger partial charge in [0.1, 0.15) is 11.3 Å². The predicted octanol–water partition coefficient (Wildman–Crippen LogP) is 2.32. The summed E-state index contributed by atoms with van der Waals surface area (Å²) in [5.74, 6) is -0.0589. The zero-order valence-corrected chi connectivity index (χ0v) is 15.4. The monoisotopic (exact) mass is 323 g/mol. The van der Waals surface area contributed by atoms with E-state index in [9.17, 15) is 9.90 Å². The second-order valence-electron chi connectivity index (χ2n) is 5.76. The molecule has 1 aromatic carbocycles. The first-order valence-electron chi connectivity index (χ1n) is 7.62. The van der Waals surface area contributed by atoms with Crippen LogP contribution in [0.15, 0.2) is 18.2 Å². The maximum atomic E-state index is 11.6. The largest absolute Gasteiger partial charge is 0.496 e. The number of aliphatic hydroxyl groups is 1. The van der Waals surface area contributed by atoms with E-state index in [4.69, 9.17) is 9.39 Å². The number of carbonyl (C=O) groups is 1. The Bertz CT molecular complexity index is 506. The van der Waals surface area contributed by atoms with E-state index in [1.807, 2.05) is 13.8 Å². The minimum absolute atomic E-state index is 0.346. The molecular weight excluding hydrogens is 295 g/mol. The highest BCUT2D eigenvalue weighted by molar-refractivity contribution is 6.47. The smallest absolute Gasteiger partial charge is 0.341 e. The number of esters is 1. The van der Waals surface area contributed by atoms with Gasteiger partial charge in [-0.2, -0.15) is 0 Å². The Morgan fingerprint density at radius 2 is 1.70 bits per heavy atom. The van der Waals surface area contributed by atoms with Crippen molar-refractivity contribution in [1.29, 1.82) is 0 Å². The van der Waals surface area contributed by atoms with E-state index in [0.29, 0.717) is 11.3 Å². The summed E-state index contributed by atoms with van der Waals surface area (Å²) in [7, 11) is 4.32. The summed E-state index contributed by atoms with van der Waals surface area (Å²) in [6, 6.07) is 5.00. The van der Waals surface area contributed by atoms with Crippen LogP contribution in [-0.4, -0.2) is 44.0 Å². The molecule has 0 aliphatic carbocycles. The van der Waals surface area contributed by atoms with Crippen molar-refractivity contribution < 1.29 is 24.0 Å². The van der Waals surface area contributed by atoms with Gasteiger partial charge in [-0.1, -0.05) is 19.9 Å². The van der Waals surface area contributed by atoms with Crippen LogP contribution < -0.4 is 10.2 Å². The Kier molecular flexibility index (Phi) is 8.35. The topological polar surface area (TPSA) is 65.0 Å². The summed E-state index contributed by atoms with van der Waals surface area (Å²) in [4.78, 5) is 11.6. The van der Waals surface area contributed by atoms with Crippen molar-refractivity contribution in [3.8, 4) is 5.75 Å². The molecule has 6 heteroatoms. The Morgan fingerprint density at radius 3 is 2.13 bits per heavy atom. The molecule has 0 bridgehead atoms. The molecule has 1 aromatic rings. The third kappa shape index (κ3) is 5.88. The molecule has 0 spiro atoms. The van der Waals surface area contributed by atoms with E-state index in [1.54, 1.807) is 45.9 Å². The van der Waals surface area contributed by atoms with Crippen molar-refractivity contribution in [3.63, 3.8) is 0 Å². The fourth-order valence-electron chi connectivity index (χ4n) is 1.42. The maximum absolute atomic E-state index is 11.6. The number of benzene rings is 1. The van der Waals surface area contributed by atoms with Gasteiger partial charge in [0.25, 0.3) is 0 Å². The van der Waals surface area contributed by atoms with Gasteiger partial charge in [0.15, 0.2) is 0 Å². The van der Waals surface area contributed by atoms with Crippen LogP contribution in [0.1, 0.15) is 51.9 Å². The Morgan fingerprint density at radius 1 is 1.13 bits per heavy atom. The molecule has 0 aromatic heterocycles. The minimum atomic E-state index is -1.00. The van der Waals surface area contributed by atoms with E-state index in [0.717, 1.165) is 5.46 Å². The fourth-order valence-corrected chi connectivity index (χ4v) is 1.42. The maximum Gasteiger partial charge on any atom is 0.341 e. The Hall–Kier alpha value is -1.53. The van der Waals surface area contributed by atoms with Crippen molar-refractivity contribution in [2.24, 2.45) is 0 Å². The van der Waals surface area contributed by atoms with Crippen LogP contribution >= 0.6 is 0 Å². The summed E-state index contributed by atoms with van der Waals surface area (Å²) in [6.45, 7) is 11.0. The molecule has 0 saturated carbocycles. The van der Waals surface area contributed by atoms with Crippen molar-refractivity contribution >= 4 is 18.9 Å². The Labute approximate surface area is 140 Å². The highest BCUT2D eigenvalue weighted by atomic mass is 16.5. The second kappa shape index (κ2) is 8.94. The summed E-state index contributed by atoms with van der Waals surface area (Å²) in [5.41, 5.74) is -0.698. The van der Waals surface area contributed by atoms with Crippen LogP contribution in [0.4, 0.5) is 0 Å². The lowest BCUT2D eigenvalue weighted by molar-refractivity contribution is -0.0893. The molecule has 5 nitrogen and oxygen atoms in total. The lowest BCUT2D eigenvalue weighted by atomic mass is 9.82. The molecule has 0 atom stereocenters. The van der Waals surface area contributed by atoms with Crippen LogP contribution in [-0.2, 0) is 9.39 Å². The molecule has 0 aliphatic rings. The average Bonchev–Trinajstić information content (AvgIpc) is 2.52. The summed E-state index contributed by atoms with van der Waals surface area (Å²) < 4.78 is 15.5. The molecule has 0 fully saturated rings. The van der Waals surface area contributed by atoms with Crippen LogP contribution in [0.2, 0.25) is 0 Å². The van der Waals surface area contributed by atoms with Gasteiger partial charge >= 0.3 is 13.5 Å². The highest BCUT2D eigenvalue weighted by Gasteiger charge is 2.35. The zero-order valence-electron chi connectivity index (χ0n) is 15.4. The zero-order chi connectivity index (χ0) is 18.3. The summed E-state index contributed by atoms with van der Waals surface area (Å²) in [5, 5.41) is 10.0. The number of hydrogen-bond acceptors (Lipinski definition) is 5. The van der Waals surface area contributed by atoms with Crippen LogP contribution in [0, 0.1) is 0 Å². The molecule has 1 radical (unpaired) electrons. The van der Waals surface area contributed by atoms with Crippen LogP contribution in [0.5, 0.6) is 5.75 Å². The van der Waals surface area contributed by atoms with E-state index < -0.39 is 17.2 Å². The lowest BCUT2D eigenvalue weighted by Crippen LogP contribution is -2.49. The molecule has 0 unspecified atom stereocenters. The number of carbonyl (C=O) groups excluding carboxylic acids is 1. The first kappa shape index (κ1) is 21.5. The number of ether oxygens (including phenoxy) is 2. The minimum Gasteiger partial charge on any atom is -0.496 e. The molecular formula is C17H28BO5. The van der Waals surface area contributed by atoms with Crippen LogP contribution in [0.3, 0.4) is 0 Å². The van der Waals surface area contributed by atoms with Gasteiger partial charge < -0.3 is 19.2 Å². The van der Waals surface area contributed by atoms with Crippen LogP contribution in [0.25, 0.3) is 0 Å². The molecule has 129 valence electrons. The SMILES string of the molecule is CC.COC(=O)c1ccc([B]OC(C)(C)C(C)(C)O)cc1OC. The molecule has 0 amide bonds. The molecule has 1 rings (SSSR count). The van der Waals surface area contributed by atoms with Crippen molar-refractivity contribution in [2.45, 2.75) is 52.7 Å².